The minimum absolute atomic E-state index is 0.213. The number of imidazole rings is 1. The summed E-state index contributed by atoms with van der Waals surface area (Å²) in [5, 5.41) is 0. The van der Waals surface area contributed by atoms with E-state index in [4.69, 9.17) is 4.74 Å². The van der Waals surface area contributed by atoms with Gasteiger partial charge in [-0.25, -0.2) is 14.3 Å². The van der Waals surface area contributed by atoms with E-state index < -0.39 is 6.09 Å². The summed E-state index contributed by atoms with van der Waals surface area (Å²) in [7, 11) is 0. The lowest BCUT2D eigenvalue weighted by Crippen LogP contribution is -2.11. The summed E-state index contributed by atoms with van der Waals surface area (Å²) in [5.41, 5.74) is 0.853. The lowest BCUT2D eigenvalue weighted by atomic mass is 10.3. The fourth-order valence-electron chi connectivity index (χ4n) is 1.07. The normalized spacial score (nSPS) is 9.06. The Balaban J connectivity index is 0.000000686. The van der Waals surface area contributed by atoms with Crippen LogP contribution in [0.2, 0.25) is 0 Å². The Morgan fingerprint density at radius 1 is 1.35 bits per heavy atom. The summed E-state index contributed by atoms with van der Waals surface area (Å²) in [6.07, 6.45) is 7.32. The van der Waals surface area contributed by atoms with Crippen molar-refractivity contribution in [1.29, 1.82) is 0 Å². The van der Waals surface area contributed by atoms with Crippen molar-refractivity contribution < 1.29 is 9.53 Å². The first-order valence-corrected chi connectivity index (χ1v) is 5.40. The first kappa shape index (κ1) is 12.9. The van der Waals surface area contributed by atoms with Gasteiger partial charge in [0.05, 0.1) is 0 Å². The van der Waals surface area contributed by atoms with Crippen molar-refractivity contribution in [2.45, 2.75) is 20.5 Å². The number of carbonyl (C=O) groups is 1. The van der Waals surface area contributed by atoms with Crippen LogP contribution in [0.15, 0.2) is 43.2 Å². The summed E-state index contributed by atoms with van der Waals surface area (Å²) in [6, 6.07) is 3.63. The van der Waals surface area contributed by atoms with Crippen LogP contribution in [0.25, 0.3) is 0 Å². The summed E-state index contributed by atoms with van der Waals surface area (Å²) in [4.78, 5) is 19.0. The Kier molecular flexibility index (Phi) is 5.43. The zero-order valence-electron chi connectivity index (χ0n) is 9.91. The van der Waals surface area contributed by atoms with Gasteiger partial charge < -0.3 is 4.74 Å². The minimum atomic E-state index is -0.448. The molecule has 2 aromatic rings. The number of carbonyl (C=O) groups excluding carboxylic acids is 1. The molecule has 0 aliphatic carbocycles. The second-order valence-corrected chi connectivity index (χ2v) is 2.89. The molecule has 0 aliphatic heterocycles. The quantitative estimate of drug-likeness (QED) is 0.799. The van der Waals surface area contributed by atoms with Crippen LogP contribution in [0.1, 0.15) is 19.4 Å². The standard InChI is InChI=1S/C10H9N3O2.C2H6/c14-10(13-5-4-12-8-13)15-7-9-2-1-3-11-6-9;1-2/h1-6,8H,7H2;1-2H3. The highest BCUT2D eigenvalue weighted by atomic mass is 16.5. The second-order valence-electron chi connectivity index (χ2n) is 2.89. The van der Waals surface area contributed by atoms with Gasteiger partial charge in [0.25, 0.3) is 0 Å². The molecule has 17 heavy (non-hydrogen) atoms. The molecule has 0 fully saturated rings. The first-order valence-electron chi connectivity index (χ1n) is 5.40. The number of hydrogen-bond donors (Lipinski definition) is 0. The second kappa shape index (κ2) is 7.16. The van der Waals surface area contributed by atoms with Gasteiger partial charge in [-0.05, 0) is 6.07 Å². The fraction of sp³-hybridized carbons (Fsp3) is 0.250. The molecule has 2 rings (SSSR count). The van der Waals surface area contributed by atoms with E-state index in [9.17, 15) is 4.79 Å². The third-order valence-corrected chi connectivity index (χ3v) is 1.80. The Labute approximate surface area is 100 Å². The zero-order valence-corrected chi connectivity index (χ0v) is 9.91. The van der Waals surface area contributed by atoms with Crippen LogP contribution in [-0.4, -0.2) is 20.6 Å². The largest absolute Gasteiger partial charge is 0.444 e. The molecule has 0 bridgehead atoms. The van der Waals surface area contributed by atoms with Crippen LogP contribution >= 0.6 is 0 Å². The van der Waals surface area contributed by atoms with Crippen LogP contribution in [0, 0.1) is 0 Å². The van der Waals surface area contributed by atoms with Crippen LogP contribution in [0.5, 0.6) is 0 Å². The molecule has 0 saturated heterocycles. The maximum absolute atomic E-state index is 11.4. The molecule has 5 nitrogen and oxygen atoms in total. The van der Waals surface area contributed by atoms with Crippen LogP contribution in [0.3, 0.4) is 0 Å². The van der Waals surface area contributed by atoms with E-state index in [1.54, 1.807) is 18.5 Å². The van der Waals surface area contributed by atoms with Gasteiger partial charge in [-0.2, -0.15) is 0 Å². The monoisotopic (exact) mass is 233 g/mol. The molecular formula is C12H15N3O2. The predicted molar refractivity (Wildman–Crippen MR) is 63.4 cm³/mol. The van der Waals surface area contributed by atoms with E-state index in [1.165, 1.54) is 23.3 Å². The van der Waals surface area contributed by atoms with E-state index in [0.29, 0.717) is 0 Å². The Bertz CT molecular complexity index is 426. The number of hydrogen-bond acceptors (Lipinski definition) is 4. The minimum Gasteiger partial charge on any atom is -0.444 e. The maximum atomic E-state index is 11.4. The predicted octanol–water partition coefficient (Wildman–Crippen LogP) is 2.49. The molecule has 0 atom stereocenters. The van der Waals surface area contributed by atoms with E-state index in [0.717, 1.165) is 5.56 Å². The van der Waals surface area contributed by atoms with Gasteiger partial charge in [0.2, 0.25) is 0 Å². The number of aromatic nitrogens is 3. The fourth-order valence-corrected chi connectivity index (χ4v) is 1.07. The molecule has 0 saturated carbocycles. The molecular weight excluding hydrogens is 218 g/mol. The molecule has 0 unspecified atom stereocenters. The summed E-state index contributed by atoms with van der Waals surface area (Å²) >= 11 is 0. The lowest BCUT2D eigenvalue weighted by Gasteiger charge is -2.03. The molecule has 0 spiro atoms. The summed E-state index contributed by atoms with van der Waals surface area (Å²) in [5.74, 6) is 0. The molecule has 90 valence electrons. The molecule has 0 amide bonds. The zero-order chi connectivity index (χ0) is 12.5. The summed E-state index contributed by atoms with van der Waals surface area (Å²) in [6.45, 7) is 4.21. The van der Waals surface area contributed by atoms with E-state index in [2.05, 4.69) is 9.97 Å². The molecule has 0 radical (unpaired) electrons. The topological polar surface area (TPSA) is 57.0 Å². The van der Waals surface area contributed by atoms with E-state index in [-0.39, 0.29) is 6.61 Å². The van der Waals surface area contributed by atoms with Gasteiger partial charge in [0.15, 0.2) is 0 Å². The number of nitrogens with zero attached hydrogens (tertiary/aromatic N) is 3. The molecule has 2 aromatic heterocycles. The van der Waals surface area contributed by atoms with Crippen molar-refractivity contribution >= 4 is 6.09 Å². The number of pyridine rings is 1. The van der Waals surface area contributed by atoms with Crippen molar-refractivity contribution in [2.75, 3.05) is 0 Å². The van der Waals surface area contributed by atoms with Gasteiger partial charge >= 0.3 is 6.09 Å². The highest BCUT2D eigenvalue weighted by Gasteiger charge is 2.04. The van der Waals surface area contributed by atoms with Crippen molar-refractivity contribution in [3.63, 3.8) is 0 Å². The van der Waals surface area contributed by atoms with E-state index >= 15 is 0 Å². The van der Waals surface area contributed by atoms with Crippen LogP contribution in [-0.2, 0) is 11.3 Å². The summed E-state index contributed by atoms with van der Waals surface area (Å²) < 4.78 is 6.29. The van der Waals surface area contributed by atoms with Gasteiger partial charge in [0.1, 0.15) is 12.9 Å². The molecule has 0 aliphatic rings. The lowest BCUT2D eigenvalue weighted by molar-refractivity contribution is 0.141. The highest BCUT2D eigenvalue weighted by Crippen LogP contribution is 2.00. The molecule has 5 heteroatoms. The van der Waals surface area contributed by atoms with Gasteiger partial charge in [0, 0.05) is 30.4 Å². The first-order chi connectivity index (χ1) is 8.36. The molecule has 2 heterocycles. The Morgan fingerprint density at radius 3 is 2.76 bits per heavy atom. The van der Waals surface area contributed by atoms with Crippen molar-refractivity contribution in [1.82, 2.24) is 14.5 Å². The molecule has 0 aromatic carbocycles. The van der Waals surface area contributed by atoms with Crippen LogP contribution < -0.4 is 0 Å². The van der Waals surface area contributed by atoms with E-state index in [1.807, 2.05) is 19.9 Å². The van der Waals surface area contributed by atoms with Crippen molar-refractivity contribution in [2.24, 2.45) is 0 Å². The number of rotatable bonds is 2. The molecule has 0 N–H and O–H groups in total. The SMILES string of the molecule is CC.O=C(OCc1cccnc1)n1ccnc1. The van der Waals surface area contributed by atoms with Crippen molar-refractivity contribution in [3.05, 3.63) is 48.8 Å². The average molecular weight is 233 g/mol. The van der Waals surface area contributed by atoms with Gasteiger partial charge in [-0.1, -0.05) is 19.9 Å². The maximum Gasteiger partial charge on any atom is 0.419 e. The number of ether oxygens (including phenoxy) is 1. The third-order valence-electron chi connectivity index (χ3n) is 1.80. The smallest absolute Gasteiger partial charge is 0.419 e. The van der Waals surface area contributed by atoms with Crippen molar-refractivity contribution in [3.8, 4) is 0 Å². The highest BCUT2D eigenvalue weighted by molar-refractivity contribution is 5.69. The third kappa shape index (κ3) is 4.06. The van der Waals surface area contributed by atoms with Crippen LogP contribution in [0.4, 0.5) is 4.79 Å². The van der Waals surface area contributed by atoms with Gasteiger partial charge in [-0.3, -0.25) is 4.98 Å². The Hall–Kier alpha value is -2.17. The van der Waals surface area contributed by atoms with Gasteiger partial charge in [-0.15, -0.1) is 0 Å². The average Bonchev–Trinajstić information content (AvgIpc) is 2.93. The Morgan fingerprint density at radius 2 is 2.18 bits per heavy atom.